The Hall–Kier alpha value is -2.09. The van der Waals surface area contributed by atoms with Crippen LogP contribution in [0.1, 0.15) is 6.92 Å². The van der Waals surface area contributed by atoms with Gasteiger partial charge in [-0.05, 0) is 6.92 Å². The van der Waals surface area contributed by atoms with E-state index in [1.54, 1.807) is 6.92 Å². The first-order valence-electron chi connectivity index (χ1n) is 5.47. The van der Waals surface area contributed by atoms with Crippen molar-refractivity contribution < 1.29 is 19.8 Å². The van der Waals surface area contributed by atoms with Crippen LogP contribution >= 0.6 is 0 Å². The van der Waals surface area contributed by atoms with Gasteiger partial charge in [0.05, 0.1) is 18.5 Å². The molecule has 1 rings (SSSR count). The molecule has 0 aliphatic heterocycles. The number of carboxylic acids is 1. The van der Waals surface area contributed by atoms with Crippen LogP contribution in [-0.4, -0.2) is 56.6 Å². The molecule has 0 spiro atoms. The quantitative estimate of drug-likeness (QED) is 0.654. The lowest BCUT2D eigenvalue weighted by Gasteiger charge is -2.19. The van der Waals surface area contributed by atoms with Crippen LogP contribution in [0.15, 0.2) is 12.4 Å². The zero-order chi connectivity index (χ0) is 13.5. The fraction of sp³-hybridized carbons (Fsp3) is 0.500. The maximum atomic E-state index is 11.7. The van der Waals surface area contributed by atoms with Crippen molar-refractivity contribution in [2.75, 3.05) is 25.0 Å². The number of amides is 2. The highest BCUT2D eigenvalue weighted by atomic mass is 16.4. The molecule has 0 saturated carbocycles. The molecular formula is C10H16N4O4. The number of urea groups is 1. The summed E-state index contributed by atoms with van der Waals surface area (Å²) >= 11 is 0. The third-order valence-corrected chi connectivity index (χ3v) is 2.22. The second-order valence-corrected chi connectivity index (χ2v) is 3.55. The summed E-state index contributed by atoms with van der Waals surface area (Å²) in [6, 6.07) is -0.360. The first-order chi connectivity index (χ1) is 8.56. The molecule has 3 N–H and O–H groups in total. The summed E-state index contributed by atoms with van der Waals surface area (Å²) in [6.07, 6.45) is 2.80. The van der Waals surface area contributed by atoms with Gasteiger partial charge in [0.2, 0.25) is 0 Å². The number of aromatic nitrogens is 2. The second-order valence-electron chi connectivity index (χ2n) is 3.55. The number of carboxylic acid groups (broad SMARTS) is 1. The lowest BCUT2D eigenvalue weighted by Crippen LogP contribution is -2.36. The minimum Gasteiger partial charge on any atom is -0.480 e. The largest absolute Gasteiger partial charge is 0.480 e. The van der Waals surface area contributed by atoms with E-state index >= 15 is 0 Å². The smallest absolute Gasteiger partial charge is 0.325 e. The predicted molar refractivity (Wildman–Crippen MR) is 63.2 cm³/mol. The van der Waals surface area contributed by atoms with E-state index in [4.69, 9.17) is 10.2 Å². The maximum absolute atomic E-state index is 11.7. The molecule has 0 bridgehead atoms. The highest BCUT2D eigenvalue weighted by Gasteiger charge is 2.12. The fourth-order valence-corrected chi connectivity index (χ4v) is 1.38. The zero-order valence-electron chi connectivity index (χ0n) is 10.0. The summed E-state index contributed by atoms with van der Waals surface area (Å²) in [5.74, 6) is -1.01. The Bertz CT molecular complexity index is 418. The number of carbonyl (C=O) groups is 2. The van der Waals surface area contributed by atoms with Crippen LogP contribution < -0.4 is 5.32 Å². The monoisotopic (exact) mass is 256 g/mol. The number of carbonyl (C=O) groups excluding carboxylic acids is 1. The Labute approximate surface area is 104 Å². The van der Waals surface area contributed by atoms with Gasteiger partial charge in [-0.3, -0.25) is 9.48 Å². The Morgan fingerprint density at radius 2 is 2.28 bits per heavy atom. The molecule has 1 aromatic rings. The van der Waals surface area contributed by atoms with Crippen LogP contribution in [0.25, 0.3) is 0 Å². The highest BCUT2D eigenvalue weighted by molar-refractivity contribution is 5.89. The lowest BCUT2D eigenvalue weighted by atomic mass is 10.5. The molecule has 2 amide bonds. The molecule has 0 aliphatic carbocycles. The van der Waals surface area contributed by atoms with E-state index in [2.05, 4.69) is 10.4 Å². The minimum atomic E-state index is -1.01. The molecule has 100 valence electrons. The molecule has 0 aliphatic rings. The third kappa shape index (κ3) is 4.06. The van der Waals surface area contributed by atoms with E-state index in [-0.39, 0.29) is 25.7 Å². The van der Waals surface area contributed by atoms with Crippen LogP contribution in [0, 0.1) is 0 Å². The lowest BCUT2D eigenvalue weighted by molar-refractivity contribution is -0.137. The molecule has 0 unspecified atom stereocenters. The fourth-order valence-electron chi connectivity index (χ4n) is 1.38. The molecule has 8 heteroatoms. The normalized spacial score (nSPS) is 10.1. The van der Waals surface area contributed by atoms with Crippen molar-refractivity contribution in [3.8, 4) is 0 Å². The van der Waals surface area contributed by atoms with Gasteiger partial charge in [-0.25, -0.2) is 4.79 Å². The van der Waals surface area contributed by atoms with E-state index in [9.17, 15) is 9.59 Å². The zero-order valence-corrected chi connectivity index (χ0v) is 10.0. The Morgan fingerprint density at radius 3 is 2.83 bits per heavy atom. The number of aliphatic carboxylic acids is 1. The van der Waals surface area contributed by atoms with Gasteiger partial charge in [-0.1, -0.05) is 0 Å². The Kier molecular flexibility index (Phi) is 5.12. The first kappa shape index (κ1) is 14.0. The van der Waals surface area contributed by atoms with Crippen LogP contribution in [0.2, 0.25) is 0 Å². The summed E-state index contributed by atoms with van der Waals surface area (Å²) in [4.78, 5) is 23.6. The summed E-state index contributed by atoms with van der Waals surface area (Å²) in [5, 5.41) is 23.7. The summed E-state index contributed by atoms with van der Waals surface area (Å²) in [6.45, 7) is 2.13. The second kappa shape index (κ2) is 6.60. The molecule has 0 aromatic carbocycles. The molecular weight excluding hydrogens is 240 g/mol. The van der Waals surface area contributed by atoms with Crippen LogP contribution in [-0.2, 0) is 11.3 Å². The van der Waals surface area contributed by atoms with E-state index in [0.717, 1.165) is 0 Å². The number of hydrogen-bond donors (Lipinski definition) is 3. The minimum absolute atomic E-state index is 0.112. The third-order valence-electron chi connectivity index (χ3n) is 2.22. The van der Waals surface area contributed by atoms with Crippen molar-refractivity contribution >= 4 is 17.7 Å². The van der Waals surface area contributed by atoms with Crippen molar-refractivity contribution in [2.24, 2.45) is 0 Å². The Balaban J connectivity index is 2.58. The summed E-state index contributed by atoms with van der Waals surface area (Å²) in [7, 11) is 0. The van der Waals surface area contributed by atoms with Crippen LogP contribution in [0.4, 0.5) is 10.5 Å². The van der Waals surface area contributed by atoms with Gasteiger partial charge in [0.1, 0.15) is 6.54 Å². The standard InChI is InChI=1S/C10H16N4O4/c1-2-13(3-4-15)10(18)12-8-5-11-14(6-8)7-9(16)17/h5-6,15H,2-4,7H2,1H3,(H,12,18)(H,16,17). The van der Waals surface area contributed by atoms with Gasteiger partial charge in [0.15, 0.2) is 0 Å². The number of rotatable bonds is 6. The number of aliphatic hydroxyl groups is 1. The molecule has 18 heavy (non-hydrogen) atoms. The number of aliphatic hydroxyl groups excluding tert-OH is 1. The predicted octanol–water partition coefficient (Wildman–Crippen LogP) is -0.186. The van der Waals surface area contributed by atoms with E-state index in [1.165, 1.54) is 22.0 Å². The first-order valence-corrected chi connectivity index (χ1v) is 5.47. The molecule has 0 radical (unpaired) electrons. The van der Waals surface area contributed by atoms with Crippen molar-refractivity contribution in [1.82, 2.24) is 14.7 Å². The van der Waals surface area contributed by atoms with Crippen molar-refractivity contribution in [3.63, 3.8) is 0 Å². The summed E-state index contributed by atoms with van der Waals surface area (Å²) < 4.78 is 1.21. The van der Waals surface area contributed by atoms with E-state index < -0.39 is 5.97 Å². The SMILES string of the molecule is CCN(CCO)C(=O)Nc1cnn(CC(=O)O)c1. The Morgan fingerprint density at radius 1 is 1.56 bits per heavy atom. The maximum Gasteiger partial charge on any atom is 0.325 e. The highest BCUT2D eigenvalue weighted by Crippen LogP contribution is 2.06. The number of likely N-dealkylation sites (N-methyl/N-ethyl adjacent to an activating group) is 1. The number of anilines is 1. The average Bonchev–Trinajstić information content (AvgIpc) is 2.72. The molecule has 0 fully saturated rings. The molecule has 1 heterocycles. The molecule has 1 aromatic heterocycles. The van der Waals surface area contributed by atoms with Crippen molar-refractivity contribution in [1.29, 1.82) is 0 Å². The van der Waals surface area contributed by atoms with Crippen molar-refractivity contribution in [3.05, 3.63) is 12.4 Å². The van der Waals surface area contributed by atoms with Crippen LogP contribution in [0.3, 0.4) is 0 Å². The average molecular weight is 256 g/mol. The van der Waals surface area contributed by atoms with E-state index in [1.807, 2.05) is 0 Å². The van der Waals surface area contributed by atoms with Gasteiger partial charge in [-0.2, -0.15) is 5.10 Å². The van der Waals surface area contributed by atoms with Gasteiger partial charge < -0.3 is 20.4 Å². The molecule has 8 nitrogen and oxygen atoms in total. The number of hydrogen-bond acceptors (Lipinski definition) is 4. The topological polar surface area (TPSA) is 108 Å². The van der Waals surface area contributed by atoms with E-state index in [0.29, 0.717) is 12.2 Å². The van der Waals surface area contributed by atoms with Gasteiger partial charge >= 0.3 is 12.0 Å². The molecule has 0 atom stereocenters. The number of nitrogens with zero attached hydrogens (tertiary/aromatic N) is 3. The summed E-state index contributed by atoms with van der Waals surface area (Å²) in [5.41, 5.74) is 0.414. The van der Waals surface area contributed by atoms with Crippen molar-refractivity contribution in [2.45, 2.75) is 13.5 Å². The molecule has 0 saturated heterocycles. The van der Waals surface area contributed by atoms with Gasteiger partial charge in [-0.15, -0.1) is 0 Å². The van der Waals surface area contributed by atoms with Gasteiger partial charge in [0.25, 0.3) is 0 Å². The number of nitrogens with one attached hydrogen (secondary N) is 1. The van der Waals surface area contributed by atoms with Gasteiger partial charge in [0, 0.05) is 19.3 Å². The van der Waals surface area contributed by atoms with Crippen LogP contribution in [0.5, 0.6) is 0 Å².